The summed E-state index contributed by atoms with van der Waals surface area (Å²) in [4.78, 5) is 13.5. The Labute approximate surface area is 112 Å². The van der Waals surface area contributed by atoms with Crippen LogP contribution in [-0.2, 0) is 0 Å². The third-order valence-corrected chi connectivity index (χ3v) is 3.03. The summed E-state index contributed by atoms with van der Waals surface area (Å²) in [7, 11) is 0. The number of nitrogens with zero attached hydrogens (tertiary/aromatic N) is 1. The van der Waals surface area contributed by atoms with Crippen LogP contribution in [0.1, 0.15) is 24.2 Å². The smallest absolute Gasteiger partial charge is 0.161 e. The van der Waals surface area contributed by atoms with Crippen molar-refractivity contribution in [1.29, 1.82) is 0 Å². The highest BCUT2D eigenvalue weighted by Gasteiger charge is 2.16. The van der Waals surface area contributed by atoms with Crippen molar-refractivity contribution in [2.45, 2.75) is 13.8 Å². The molecule has 0 aromatic heterocycles. The maximum Gasteiger partial charge on any atom is 0.161 e. The largest absolute Gasteiger partial charge is 0.339 e. The Bertz CT molecular complexity index is 595. The van der Waals surface area contributed by atoms with E-state index in [1.807, 2.05) is 30.0 Å². The Hall–Kier alpha value is -2.16. The average molecular weight is 257 g/mol. The Balaban J connectivity index is 2.55. The fraction of sp³-hybridized carbons (Fsp3) is 0.188. The first-order chi connectivity index (χ1) is 9.15. The number of anilines is 2. The van der Waals surface area contributed by atoms with Crippen LogP contribution in [0.4, 0.5) is 15.8 Å². The predicted octanol–water partition coefficient (Wildman–Crippen LogP) is 4.19. The van der Waals surface area contributed by atoms with E-state index >= 15 is 0 Å². The van der Waals surface area contributed by atoms with Gasteiger partial charge in [0.15, 0.2) is 5.78 Å². The molecule has 0 aliphatic rings. The molecule has 2 rings (SSSR count). The fourth-order valence-electron chi connectivity index (χ4n) is 2.15. The van der Waals surface area contributed by atoms with E-state index in [0.29, 0.717) is 17.8 Å². The van der Waals surface area contributed by atoms with Gasteiger partial charge in [0, 0.05) is 12.1 Å². The molecule has 2 nitrogen and oxygen atoms in total. The maximum atomic E-state index is 13.9. The summed E-state index contributed by atoms with van der Waals surface area (Å²) in [5, 5.41) is 0. The van der Waals surface area contributed by atoms with Gasteiger partial charge in [0.05, 0.1) is 11.4 Å². The molecular weight excluding hydrogens is 241 g/mol. The normalized spacial score (nSPS) is 10.3. The molecule has 0 unspecified atom stereocenters. The van der Waals surface area contributed by atoms with Gasteiger partial charge in [0.1, 0.15) is 5.82 Å². The fourth-order valence-corrected chi connectivity index (χ4v) is 2.15. The van der Waals surface area contributed by atoms with Crippen LogP contribution >= 0.6 is 0 Å². The van der Waals surface area contributed by atoms with Crippen LogP contribution in [0.2, 0.25) is 0 Å². The molecule has 0 atom stereocenters. The number of carbonyl (C=O) groups excluding carboxylic acids is 1. The molecule has 0 aliphatic heterocycles. The van der Waals surface area contributed by atoms with Crippen molar-refractivity contribution in [1.82, 2.24) is 0 Å². The van der Waals surface area contributed by atoms with Crippen molar-refractivity contribution in [2.75, 3.05) is 11.4 Å². The van der Waals surface area contributed by atoms with Crippen LogP contribution in [0.15, 0.2) is 48.5 Å². The van der Waals surface area contributed by atoms with Crippen LogP contribution in [0.3, 0.4) is 0 Å². The van der Waals surface area contributed by atoms with E-state index < -0.39 is 0 Å². The van der Waals surface area contributed by atoms with Gasteiger partial charge in [-0.05, 0) is 38.1 Å². The molecule has 3 heteroatoms. The lowest BCUT2D eigenvalue weighted by molar-refractivity contribution is 0.101. The molecule has 98 valence electrons. The summed E-state index contributed by atoms with van der Waals surface area (Å²) >= 11 is 0. The van der Waals surface area contributed by atoms with Crippen LogP contribution < -0.4 is 4.90 Å². The molecule has 0 heterocycles. The van der Waals surface area contributed by atoms with Crippen molar-refractivity contribution < 1.29 is 9.18 Å². The van der Waals surface area contributed by atoms with Crippen molar-refractivity contribution in [3.8, 4) is 0 Å². The van der Waals surface area contributed by atoms with E-state index in [2.05, 4.69) is 0 Å². The molecule has 0 bridgehead atoms. The minimum atomic E-state index is -0.289. The molecule has 0 radical (unpaired) electrons. The van der Waals surface area contributed by atoms with Gasteiger partial charge in [-0.15, -0.1) is 0 Å². The molecule has 0 saturated carbocycles. The van der Waals surface area contributed by atoms with E-state index in [1.54, 1.807) is 24.3 Å². The molecule has 2 aromatic rings. The zero-order valence-electron chi connectivity index (χ0n) is 11.1. The number of carbonyl (C=O) groups is 1. The number of hydrogen-bond donors (Lipinski definition) is 0. The average Bonchev–Trinajstić information content (AvgIpc) is 2.42. The highest BCUT2D eigenvalue weighted by molar-refractivity contribution is 6.00. The lowest BCUT2D eigenvalue weighted by Gasteiger charge is -2.25. The number of halogens is 1. The zero-order chi connectivity index (χ0) is 13.8. The van der Waals surface area contributed by atoms with E-state index in [1.165, 1.54) is 13.0 Å². The first kappa shape index (κ1) is 13.3. The number of Topliss-reactive ketones (excluding diaryl/α,β-unsaturated/α-hetero) is 1. The quantitative estimate of drug-likeness (QED) is 0.765. The lowest BCUT2D eigenvalue weighted by Crippen LogP contribution is -2.19. The van der Waals surface area contributed by atoms with Crippen LogP contribution in [0, 0.1) is 5.82 Å². The molecule has 0 amide bonds. The summed E-state index contributed by atoms with van der Waals surface area (Å²) in [6.45, 7) is 4.04. The summed E-state index contributed by atoms with van der Waals surface area (Å²) in [5.74, 6) is -0.312. The summed E-state index contributed by atoms with van der Waals surface area (Å²) in [6, 6.07) is 13.9. The Morgan fingerprint density at radius 3 is 2.21 bits per heavy atom. The van der Waals surface area contributed by atoms with Crippen molar-refractivity contribution in [3.05, 3.63) is 59.9 Å². The minimum absolute atomic E-state index is 0.0228. The predicted molar refractivity (Wildman–Crippen MR) is 75.5 cm³/mol. The van der Waals surface area contributed by atoms with Crippen LogP contribution in [-0.4, -0.2) is 12.3 Å². The second-order valence-electron chi connectivity index (χ2n) is 4.27. The Kier molecular flexibility index (Phi) is 3.95. The minimum Gasteiger partial charge on any atom is -0.339 e. The summed E-state index contributed by atoms with van der Waals surface area (Å²) in [5.41, 5.74) is 1.83. The van der Waals surface area contributed by atoms with Gasteiger partial charge >= 0.3 is 0 Å². The number of benzene rings is 2. The van der Waals surface area contributed by atoms with Gasteiger partial charge in [0.2, 0.25) is 0 Å². The van der Waals surface area contributed by atoms with Gasteiger partial charge in [-0.2, -0.15) is 0 Å². The second-order valence-corrected chi connectivity index (χ2v) is 4.27. The number of rotatable bonds is 4. The Morgan fingerprint density at radius 2 is 1.63 bits per heavy atom. The van der Waals surface area contributed by atoms with Crippen molar-refractivity contribution in [3.63, 3.8) is 0 Å². The van der Waals surface area contributed by atoms with Gasteiger partial charge in [-0.1, -0.05) is 24.3 Å². The maximum absolute atomic E-state index is 13.9. The number of ketones is 1. The lowest BCUT2D eigenvalue weighted by atomic mass is 10.1. The highest BCUT2D eigenvalue weighted by atomic mass is 19.1. The van der Waals surface area contributed by atoms with Crippen LogP contribution in [0.5, 0.6) is 0 Å². The van der Waals surface area contributed by atoms with E-state index in [4.69, 9.17) is 0 Å². The molecule has 0 aliphatic carbocycles. The van der Waals surface area contributed by atoms with Gasteiger partial charge in [-0.25, -0.2) is 4.39 Å². The molecule has 0 fully saturated rings. The molecule has 19 heavy (non-hydrogen) atoms. The highest BCUT2D eigenvalue weighted by Crippen LogP contribution is 2.30. The van der Waals surface area contributed by atoms with E-state index in [-0.39, 0.29) is 11.6 Å². The SMILES string of the molecule is CCN(c1ccccc1F)c1ccccc1C(C)=O. The van der Waals surface area contributed by atoms with E-state index in [9.17, 15) is 9.18 Å². The van der Waals surface area contributed by atoms with Gasteiger partial charge in [-0.3, -0.25) is 4.79 Å². The zero-order valence-corrected chi connectivity index (χ0v) is 11.1. The Morgan fingerprint density at radius 1 is 1.05 bits per heavy atom. The first-order valence-corrected chi connectivity index (χ1v) is 6.27. The van der Waals surface area contributed by atoms with E-state index in [0.717, 1.165) is 5.69 Å². The summed E-state index contributed by atoms with van der Waals surface area (Å²) < 4.78 is 13.9. The molecule has 2 aromatic carbocycles. The first-order valence-electron chi connectivity index (χ1n) is 6.27. The number of para-hydroxylation sites is 2. The third-order valence-electron chi connectivity index (χ3n) is 3.03. The molecular formula is C16H16FNO. The van der Waals surface area contributed by atoms with Crippen molar-refractivity contribution >= 4 is 17.2 Å². The topological polar surface area (TPSA) is 20.3 Å². The third kappa shape index (κ3) is 2.65. The molecule has 0 spiro atoms. The van der Waals surface area contributed by atoms with Crippen LogP contribution in [0.25, 0.3) is 0 Å². The standard InChI is InChI=1S/C16H16FNO/c1-3-18(16-11-7-5-9-14(16)17)15-10-6-4-8-13(15)12(2)19/h4-11H,3H2,1-2H3. The second kappa shape index (κ2) is 5.65. The van der Waals surface area contributed by atoms with Crippen molar-refractivity contribution in [2.24, 2.45) is 0 Å². The number of hydrogen-bond acceptors (Lipinski definition) is 2. The van der Waals surface area contributed by atoms with Gasteiger partial charge < -0.3 is 4.90 Å². The molecule has 0 saturated heterocycles. The monoisotopic (exact) mass is 257 g/mol. The van der Waals surface area contributed by atoms with Gasteiger partial charge in [0.25, 0.3) is 0 Å². The summed E-state index contributed by atoms with van der Waals surface area (Å²) in [6.07, 6.45) is 0. The molecule has 0 N–H and O–H groups in total.